The molecule has 0 unspecified atom stereocenters. The monoisotopic (exact) mass is 361 g/mol. The summed E-state index contributed by atoms with van der Waals surface area (Å²) < 4.78 is 0. The Kier molecular flexibility index (Phi) is 4.42. The second kappa shape index (κ2) is 7.03. The third-order valence-electron chi connectivity index (χ3n) is 4.70. The molecule has 2 amide bonds. The van der Waals surface area contributed by atoms with E-state index in [4.69, 9.17) is 5.73 Å². The molecule has 3 N–H and O–H groups in total. The van der Waals surface area contributed by atoms with Crippen molar-refractivity contribution >= 4 is 28.9 Å². The Morgan fingerprint density at radius 2 is 1.89 bits per heavy atom. The summed E-state index contributed by atoms with van der Waals surface area (Å²) in [6, 6.07) is 5.61. The van der Waals surface area contributed by atoms with Crippen molar-refractivity contribution in [2.45, 2.75) is 12.8 Å². The Balaban J connectivity index is 1.62. The van der Waals surface area contributed by atoms with E-state index in [9.17, 15) is 9.59 Å². The molecule has 1 saturated heterocycles. The van der Waals surface area contributed by atoms with Crippen molar-refractivity contribution < 1.29 is 9.59 Å². The Morgan fingerprint density at radius 3 is 2.59 bits per heavy atom. The number of rotatable bonds is 4. The number of hydrogen-bond donors (Lipinski definition) is 2. The zero-order valence-electron chi connectivity index (χ0n) is 14.7. The number of H-pyrrole nitrogens is 1. The lowest BCUT2D eigenvalue weighted by Crippen LogP contribution is -2.28. The first-order chi connectivity index (χ1) is 13.1. The average molecular weight is 361 g/mol. The van der Waals surface area contributed by atoms with E-state index in [2.05, 4.69) is 15.0 Å². The van der Waals surface area contributed by atoms with Gasteiger partial charge in [0.1, 0.15) is 11.3 Å². The molecule has 3 aromatic heterocycles. The van der Waals surface area contributed by atoms with Crippen LogP contribution >= 0.6 is 0 Å². The van der Waals surface area contributed by atoms with E-state index >= 15 is 0 Å². The van der Waals surface area contributed by atoms with Gasteiger partial charge in [-0.2, -0.15) is 0 Å². The van der Waals surface area contributed by atoms with Crippen LogP contribution in [0.2, 0.25) is 0 Å². The molecule has 0 aromatic carbocycles. The van der Waals surface area contributed by atoms with E-state index in [1.54, 1.807) is 30.7 Å². The number of nitrogens with zero attached hydrogens (tertiary/aromatic N) is 3. The van der Waals surface area contributed by atoms with Gasteiger partial charge in [-0.1, -0.05) is 6.07 Å². The van der Waals surface area contributed by atoms with Crippen molar-refractivity contribution in [3.05, 3.63) is 54.1 Å². The normalized spacial score (nSPS) is 14.3. The van der Waals surface area contributed by atoms with Crippen LogP contribution in [-0.4, -0.2) is 44.8 Å². The summed E-state index contributed by atoms with van der Waals surface area (Å²) in [6.45, 7) is 1.61. The summed E-state index contributed by atoms with van der Waals surface area (Å²) in [5, 5.41) is 0.877. The van der Waals surface area contributed by atoms with Gasteiger partial charge in [0, 0.05) is 59.8 Å². The predicted octanol–water partition coefficient (Wildman–Crippen LogP) is 2.36. The molecule has 1 aliphatic heterocycles. The maximum atomic E-state index is 12.4. The van der Waals surface area contributed by atoms with Gasteiger partial charge in [-0.3, -0.25) is 14.6 Å². The van der Waals surface area contributed by atoms with Crippen molar-refractivity contribution in [2.24, 2.45) is 5.73 Å². The van der Waals surface area contributed by atoms with E-state index in [-0.39, 0.29) is 5.91 Å². The Labute approximate surface area is 155 Å². The molecule has 0 saturated carbocycles. The van der Waals surface area contributed by atoms with Crippen LogP contribution in [0.4, 0.5) is 0 Å². The number of amides is 2. The van der Waals surface area contributed by atoms with Crippen LogP contribution in [0, 0.1) is 0 Å². The number of likely N-dealkylation sites (tertiary alicyclic amines) is 1. The molecule has 4 heterocycles. The average Bonchev–Trinajstić information content (AvgIpc) is 3.35. The topological polar surface area (TPSA) is 105 Å². The lowest BCUT2D eigenvalue weighted by Gasteiger charge is -2.14. The van der Waals surface area contributed by atoms with Crippen molar-refractivity contribution in [2.75, 3.05) is 13.1 Å². The van der Waals surface area contributed by atoms with Gasteiger partial charge in [0.2, 0.25) is 5.91 Å². The third-order valence-corrected chi connectivity index (χ3v) is 4.70. The second-order valence-electron chi connectivity index (χ2n) is 6.53. The van der Waals surface area contributed by atoms with Crippen LogP contribution in [0.3, 0.4) is 0 Å². The molecular weight excluding hydrogens is 342 g/mol. The van der Waals surface area contributed by atoms with Crippen LogP contribution in [-0.2, 0) is 4.79 Å². The third kappa shape index (κ3) is 3.44. The van der Waals surface area contributed by atoms with Crippen molar-refractivity contribution in [1.82, 2.24) is 19.9 Å². The SMILES string of the molecule is NC(=O)C=Cc1c[nH]c2ncc(-c3ccc(C(=O)N4CCCC4)nc3)cc12. The molecule has 0 spiro atoms. The van der Waals surface area contributed by atoms with Crippen LogP contribution in [0.15, 0.2) is 42.9 Å². The van der Waals surface area contributed by atoms with E-state index in [0.29, 0.717) is 5.69 Å². The van der Waals surface area contributed by atoms with Crippen molar-refractivity contribution in [3.8, 4) is 11.1 Å². The first-order valence-electron chi connectivity index (χ1n) is 8.82. The highest BCUT2D eigenvalue weighted by atomic mass is 16.2. The zero-order valence-corrected chi connectivity index (χ0v) is 14.7. The van der Waals surface area contributed by atoms with E-state index in [0.717, 1.165) is 53.7 Å². The highest BCUT2D eigenvalue weighted by molar-refractivity contribution is 5.96. The molecule has 0 aliphatic carbocycles. The number of hydrogen-bond acceptors (Lipinski definition) is 4. The first kappa shape index (κ1) is 17.0. The molecule has 0 atom stereocenters. The molecule has 4 rings (SSSR count). The smallest absolute Gasteiger partial charge is 0.272 e. The summed E-state index contributed by atoms with van der Waals surface area (Å²) in [4.78, 5) is 37.0. The minimum absolute atomic E-state index is 0.0165. The molecule has 1 aliphatic rings. The quantitative estimate of drug-likeness (QED) is 0.696. The fraction of sp³-hybridized carbons (Fsp3) is 0.200. The van der Waals surface area contributed by atoms with Gasteiger partial charge in [0.05, 0.1) is 0 Å². The molecule has 0 bridgehead atoms. The van der Waals surface area contributed by atoms with Gasteiger partial charge >= 0.3 is 0 Å². The zero-order chi connectivity index (χ0) is 18.8. The number of aromatic amines is 1. The van der Waals surface area contributed by atoms with E-state index in [1.165, 1.54) is 6.08 Å². The lowest BCUT2D eigenvalue weighted by atomic mass is 10.1. The van der Waals surface area contributed by atoms with Gasteiger partial charge < -0.3 is 15.6 Å². The van der Waals surface area contributed by atoms with Crippen LogP contribution in [0.5, 0.6) is 0 Å². The summed E-state index contributed by atoms with van der Waals surface area (Å²) in [5.41, 5.74) is 8.92. The molecule has 136 valence electrons. The van der Waals surface area contributed by atoms with Gasteiger partial charge in [-0.05, 0) is 31.1 Å². The highest BCUT2D eigenvalue weighted by Crippen LogP contribution is 2.25. The molecular formula is C20H19N5O2. The van der Waals surface area contributed by atoms with Crippen LogP contribution in [0.25, 0.3) is 28.2 Å². The first-order valence-corrected chi connectivity index (χ1v) is 8.82. The van der Waals surface area contributed by atoms with E-state index in [1.807, 2.05) is 17.0 Å². The van der Waals surface area contributed by atoms with E-state index < -0.39 is 5.91 Å². The summed E-state index contributed by atoms with van der Waals surface area (Å²) in [7, 11) is 0. The number of aromatic nitrogens is 3. The number of fused-ring (bicyclic) bond motifs is 1. The number of pyridine rings is 2. The van der Waals surface area contributed by atoms with Crippen LogP contribution in [0.1, 0.15) is 28.9 Å². The maximum absolute atomic E-state index is 12.4. The Hall–Kier alpha value is -3.48. The fourth-order valence-electron chi connectivity index (χ4n) is 3.26. The predicted molar refractivity (Wildman–Crippen MR) is 103 cm³/mol. The number of nitrogens with one attached hydrogen (secondary N) is 1. The van der Waals surface area contributed by atoms with Crippen molar-refractivity contribution in [3.63, 3.8) is 0 Å². The number of carbonyl (C=O) groups excluding carboxylic acids is 2. The summed E-state index contributed by atoms with van der Waals surface area (Å²) >= 11 is 0. The van der Waals surface area contributed by atoms with Gasteiger partial charge in [-0.25, -0.2) is 4.98 Å². The fourth-order valence-corrected chi connectivity index (χ4v) is 3.26. The highest BCUT2D eigenvalue weighted by Gasteiger charge is 2.20. The maximum Gasteiger partial charge on any atom is 0.272 e. The largest absolute Gasteiger partial charge is 0.366 e. The van der Waals surface area contributed by atoms with Crippen LogP contribution < -0.4 is 5.73 Å². The molecule has 7 heteroatoms. The minimum Gasteiger partial charge on any atom is -0.366 e. The van der Waals surface area contributed by atoms with Gasteiger partial charge in [-0.15, -0.1) is 0 Å². The Morgan fingerprint density at radius 1 is 1.11 bits per heavy atom. The second-order valence-corrected chi connectivity index (χ2v) is 6.53. The van der Waals surface area contributed by atoms with Crippen molar-refractivity contribution in [1.29, 1.82) is 0 Å². The molecule has 3 aromatic rings. The lowest BCUT2D eigenvalue weighted by molar-refractivity contribution is -0.113. The Bertz CT molecular complexity index is 1030. The van der Waals surface area contributed by atoms with Gasteiger partial charge in [0.25, 0.3) is 5.91 Å². The summed E-state index contributed by atoms with van der Waals surface area (Å²) in [5.74, 6) is -0.520. The molecule has 0 radical (unpaired) electrons. The number of primary amides is 1. The number of nitrogens with two attached hydrogens (primary N) is 1. The molecule has 7 nitrogen and oxygen atoms in total. The number of carbonyl (C=O) groups is 2. The summed E-state index contributed by atoms with van der Waals surface area (Å²) in [6.07, 6.45) is 10.3. The minimum atomic E-state index is -0.504. The standard InChI is InChI=1S/C20H19N5O2/c21-18(26)6-4-14-11-23-19-16(14)9-15(12-24-19)13-3-5-17(22-10-13)20(27)25-7-1-2-8-25/h3-6,9-12H,1-2,7-8H2,(H2,21,26)(H,23,24). The molecule has 27 heavy (non-hydrogen) atoms. The molecule has 1 fully saturated rings. The van der Waals surface area contributed by atoms with Gasteiger partial charge in [0.15, 0.2) is 0 Å².